The highest BCUT2D eigenvalue weighted by molar-refractivity contribution is 5.84. The van der Waals surface area contributed by atoms with Crippen molar-refractivity contribution in [2.75, 3.05) is 0 Å². The average molecular weight is 364 g/mol. The van der Waals surface area contributed by atoms with Gasteiger partial charge in [0.15, 0.2) is 6.10 Å². The van der Waals surface area contributed by atoms with E-state index in [0.717, 1.165) is 11.1 Å². The minimum Gasteiger partial charge on any atom is -0.387 e. The molecule has 27 heavy (non-hydrogen) atoms. The van der Waals surface area contributed by atoms with Crippen molar-refractivity contribution in [3.63, 3.8) is 0 Å². The van der Waals surface area contributed by atoms with Gasteiger partial charge in [-0.1, -0.05) is 65.9 Å². The largest absolute Gasteiger partial charge is 0.387 e. The summed E-state index contributed by atoms with van der Waals surface area (Å²) in [7, 11) is 0. The highest BCUT2D eigenvalue weighted by Gasteiger charge is 2.48. The summed E-state index contributed by atoms with van der Waals surface area (Å²) in [6.45, 7) is 0.815. The van der Waals surface area contributed by atoms with E-state index in [1.54, 1.807) is 10.9 Å². The number of nitrogens with zero attached hydrogens (tertiary/aromatic N) is 4. The first kappa shape index (κ1) is 17.4. The van der Waals surface area contributed by atoms with Crippen LogP contribution in [-0.4, -0.2) is 48.2 Å². The molecule has 1 amide bonds. The molecule has 3 aromatic rings. The first-order valence-corrected chi connectivity index (χ1v) is 8.78. The lowest BCUT2D eigenvalue weighted by atomic mass is 10.1. The van der Waals surface area contributed by atoms with Gasteiger partial charge in [0.1, 0.15) is 17.8 Å². The molecule has 3 atom stereocenters. The Hall–Kier alpha value is -3.03. The maximum Gasteiger partial charge on any atom is 0.255 e. The third kappa shape index (κ3) is 3.47. The minimum absolute atomic E-state index is 0.282. The van der Waals surface area contributed by atoms with Crippen molar-refractivity contribution in [2.45, 2.75) is 31.3 Å². The number of rotatable bonds is 5. The Labute approximate surface area is 156 Å². The maximum absolute atomic E-state index is 12.5. The van der Waals surface area contributed by atoms with Gasteiger partial charge in [0.2, 0.25) is 0 Å². The summed E-state index contributed by atoms with van der Waals surface area (Å²) in [4.78, 5) is 13.9. The van der Waals surface area contributed by atoms with E-state index in [4.69, 9.17) is 0 Å². The van der Waals surface area contributed by atoms with Crippen LogP contribution in [0.1, 0.15) is 22.9 Å². The highest BCUT2D eigenvalue weighted by atomic mass is 16.3. The van der Waals surface area contributed by atoms with Gasteiger partial charge >= 0.3 is 0 Å². The van der Waals surface area contributed by atoms with Crippen LogP contribution in [0.15, 0.2) is 66.9 Å². The van der Waals surface area contributed by atoms with E-state index in [2.05, 4.69) is 10.3 Å². The number of hydrogen-bond donors (Lipinski definition) is 2. The number of amides is 1. The molecular weight excluding hydrogens is 344 g/mol. The molecule has 0 saturated carbocycles. The van der Waals surface area contributed by atoms with Crippen molar-refractivity contribution in [3.05, 3.63) is 83.7 Å². The Morgan fingerprint density at radius 3 is 2.11 bits per heavy atom. The molecule has 138 valence electrons. The minimum atomic E-state index is -1.46. The number of aromatic nitrogens is 3. The predicted molar refractivity (Wildman–Crippen MR) is 97.3 cm³/mol. The Kier molecular flexibility index (Phi) is 4.70. The van der Waals surface area contributed by atoms with E-state index >= 15 is 0 Å². The van der Waals surface area contributed by atoms with Gasteiger partial charge in [0.25, 0.3) is 5.91 Å². The molecule has 0 radical (unpaired) electrons. The summed E-state index contributed by atoms with van der Waals surface area (Å²) in [6, 6.07) is 18.5. The van der Waals surface area contributed by atoms with Crippen molar-refractivity contribution in [1.82, 2.24) is 19.9 Å². The van der Waals surface area contributed by atoms with Crippen LogP contribution in [0, 0.1) is 0 Å². The van der Waals surface area contributed by atoms with Crippen LogP contribution in [0.5, 0.6) is 0 Å². The quantitative estimate of drug-likeness (QED) is 0.708. The molecule has 2 N–H and O–H groups in total. The molecule has 4 rings (SSSR count). The second kappa shape index (κ2) is 7.30. The van der Waals surface area contributed by atoms with E-state index < -0.39 is 24.2 Å². The van der Waals surface area contributed by atoms with Gasteiger partial charge in [-0.3, -0.25) is 4.79 Å². The molecular formula is C20H20N4O3. The molecule has 0 spiro atoms. The third-order valence-electron chi connectivity index (χ3n) is 4.76. The Balaban J connectivity index is 1.59. The number of benzene rings is 2. The third-order valence-corrected chi connectivity index (χ3v) is 4.76. The van der Waals surface area contributed by atoms with Crippen LogP contribution in [0.3, 0.4) is 0 Å². The Morgan fingerprint density at radius 2 is 1.48 bits per heavy atom. The van der Waals surface area contributed by atoms with E-state index in [0.29, 0.717) is 12.2 Å². The van der Waals surface area contributed by atoms with Gasteiger partial charge in [-0.15, -0.1) is 5.10 Å². The number of aliphatic hydroxyl groups excluding tert-OH is 2. The lowest BCUT2D eigenvalue weighted by molar-refractivity contribution is -0.136. The molecule has 1 aliphatic rings. The smallest absolute Gasteiger partial charge is 0.255 e. The van der Waals surface area contributed by atoms with Gasteiger partial charge < -0.3 is 15.1 Å². The Morgan fingerprint density at radius 1 is 0.889 bits per heavy atom. The van der Waals surface area contributed by atoms with Crippen molar-refractivity contribution in [3.8, 4) is 0 Å². The number of carbonyl (C=O) groups excluding carboxylic acids is 1. The second-order valence-corrected chi connectivity index (χ2v) is 6.66. The van der Waals surface area contributed by atoms with Gasteiger partial charge in [0, 0.05) is 6.54 Å². The van der Waals surface area contributed by atoms with Crippen LogP contribution in [0.4, 0.5) is 0 Å². The van der Waals surface area contributed by atoms with Gasteiger partial charge in [-0.05, 0) is 11.1 Å². The molecule has 0 bridgehead atoms. The first-order valence-electron chi connectivity index (χ1n) is 8.78. The summed E-state index contributed by atoms with van der Waals surface area (Å²) in [5, 5.41) is 28.8. The summed E-state index contributed by atoms with van der Waals surface area (Å²) in [6.07, 6.45) is -0.995. The highest BCUT2D eigenvalue weighted by Crippen LogP contribution is 2.33. The normalized spacial score (nSPS) is 22.4. The fraction of sp³-hybridized carbons (Fsp3) is 0.250. The monoisotopic (exact) mass is 364 g/mol. The lowest BCUT2D eigenvalue weighted by Gasteiger charge is -2.24. The lowest BCUT2D eigenvalue weighted by Crippen LogP contribution is -2.30. The molecule has 2 aromatic carbocycles. The summed E-state index contributed by atoms with van der Waals surface area (Å²) in [5.74, 6) is -0.506. The summed E-state index contributed by atoms with van der Waals surface area (Å²) < 4.78 is 1.66. The molecule has 0 aliphatic carbocycles. The fourth-order valence-corrected chi connectivity index (χ4v) is 3.40. The molecule has 1 aromatic heterocycles. The number of aliphatic hydroxyl groups is 2. The van der Waals surface area contributed by atoms with E-state index in [1.165, 1.54) is 4.90 Å². The predicted octanol–water partition coefficient (Wildman–Crippen LogP) is 1.13. The van der Waals surface area contributed by atoms with Gasteiger partial charge in [-0.25, -0.2) is 4.68 Å². The van der Waals surface area contributed by atoms with Crippen LogP contribution in [-0.2, 0) is 17.9 Å². The van der Waals surface area contributed by atoms with Gasteiger partial charge in [0.05, 0.1) is 12.7 Å². The maximum atomic E-state index is 12.5. The zero-order valence-corrected chi connectivity index (χ0v) is 14.6. The Bertz CT molecular complexity index is 913. The van der Waals surface area contributed by atoms with E-state index in [1.807, 2.05) is 60.7 Å². The molecule has 0 unspecified atom stereocenters. The second-order valence-electron chi connectivity index (χ2n) is 6.66. The summed E-state index contributed by atoms with van der Waals surface area (Å²) >= 11 is 0. The van der Waals surface area contributed by atoms with E-state index in [9.17, 15) is 15.0 Å². The molecule has 1 fully saturated rings. The van der Waals surface area contributed by atoms with Crippen LogP contribution < -0.4 is 0 Å². The van der Waals surface area contributed by atoms with Crippen molar-refractivity contribution in [2.24, 2.45) is 0 Å². The summed E-state index contributed by atoms with van der Waals surface area (Å²) in [5.41, 5.74) is 2.44. The van der Waals surface area contributed by atoms with Crippen molar-refractivity contribution in [1.29, 1.82) is 0 Å². The zero-order valence-electron chi connectivity index (χ0n) is 14.6. The van der Waals surface area contributed by atoms with Crippen LogP contribution >= 0.6 is 0 Å². The SMILES string of the molecule is O=C1[C@H](O)[C@@H](O)[C@@H](c2cn(Cc3ccccc3)nn2)N1Cc1ccccc1. The molecule has 7 heteroatoms. The van der Waals surface area contributed by atoms with Crippen molar-refractivity contribution < 1.29 is 15.0 Å². The first-order chi connectivity index (χ1) is 13.1. The average Bonchev–Trinajstić information content (AvgIpc) is 3.22. The van der Waals surface area contributed by atoms with E-state index in [-0.39, 0.29) is 6.54 Å². The molecule has 2 heterocycles. The molecule has 7 nitrogen and oxygen atoms in total. The standard InChI is InChI=1S/C20H20N4O3/c25-18-17(16-13-23(22-21-16)11-14-7-3-1-4-8-14)24(20(27)19(18)26)12-15-9-5-2-6-10-15/h1-10,13,17-19,25-26H,11-12H2/t17-,18+,19-/m1/s1. The topological polar surface area (TPSA) is 91.5 Å². The van der Waals surface area contributed by atoms with Crippen LogP contribution in [0.2, 0.25) is 0 Å². The number of carbonyl (C=O) groups is 1. The fourth-order valence-electron chi connectivity index (χ4n) is 3.40. The molecule has 1 saturated heterocycles. The number of likely N-dealkylation sites (tertiary alicyclic amines) is 1. The van der Waals surface area contributed by atoms with Crippen LogP contribution in [0.25, 0.3) is 0 Å². The number of hydrogen-bond acceptors (Lipinski definition) is 5. The molecule has 1 aliphatic heterocycles. The van der Waals surface area contributed by atoms with Gasteiger partial charge in [-0.2, -0.15) is 0 Å². The zero-order chi connectivity index (χ0) is 18.8. The van der Waals surface area contributed by atoms with Crippen molar-refractivity contribution >= 4 is 5.91 Å².